The van der Waals surface area contributed by atoms with Gasteiger partial charge in [-0.25, -0.2) is 0 Å². The predicted octanol–water partition coefficient (Wildman–Crippen LogP) is 0.915. The van der Waals surface area contributed by atoms with Crippen LogP contribution in [0.15, 0.2) is 18.2 Å². The van der Waals surface area contributed by atoms with E-state index in [2.05, 4.69) is 5.32 Å². The maximum absolute atomic E-state index is 11.7. The zero-order valence-electron chi connectivity index (χ0n) is 11.2. The Labute approximate surface area is 116 Å². The van der Waals surface area contributed by atoms with Crippen molar-refractivity contribution in [3.05, 3.63) is 33.9 Å². The summed E-state index contributed by atoms with van der Waals surface area (Å²) in [6, 6.07) is 4.16. The Morgan fingerprint density at radius 3 is 2.95 bits per heavy atom. The number of hydrogen-bond acceptors (Lipinski definition) is 5. The average Bonchev–Trinajstić information content (AvgIpc) is 2.93. The van der Waals surface area contributed by atoms with Gasteiger partial charge < -0.3 is 15.3 Å². The fourth-order valence-corrected chi connectivity index (χ4v) is 2.54. The van der Waals surface area contributed by atoms with E-state index in [1.807, 2.05) is 4.90 Å². The molecule has 1 saturated heterocycles. The minimum Gasteiger partial charge on any atom is -0.394 e. The molecule has 108 valence electrons. The van der Waals surface area contributed by atoms with Gasteiger partial charge in [-0.15, -0.1) is 0 Å². The molecule has 0 bridgehead atoms. The van der Waals surface area contributed by atoms with Crippen molar-refractivity contribution in [1.82, 2.24) is 5.32 Å². The number of benzene rings is 1. The van der Waals surface area contributed by atoms with Gasteiger partial charge in [-0.05, 0) is 25.0 Å². The lowest BCUT2D eigenvalue weighted by molar-refractivity contribution is -0.384. The molecule has 2 rings (SSSR count). The summed E-state index contributed by atoms with van der Waals surface area (Å²) in [7, 11) is 1.51. The first-order chi connectivity index (χ1) is 9.58. The molecule has 0 spiro atoms. The van der Waals surface area contributed by atoms with Gasteiger partial charge >= 0.3 is 0 Å². The van der Waals surface area contributed by atoms with Crippen LogP contribution in [0.5, 0.6) is 0 Å². The molecule has 1 aliphatic heterocycles. The van der Waals surface area contributed by atoms with E-state index in [0.717, 1.165) is 12.8 Å². The van der Waals surface area contributed by atoms with Crippen LogP contribution in [-0.4, -0.2) is 42.2 Å². The number of hydrogen-bond donors (Lipinski definition) is 2. The minimum absolute atomic E-state index is 0.0435. The molecule has 1 fully saturated rings. The van der Waals surface area contributed by atoms with Gasteiger partial charge in [-0.1, -0.05) is 0 Å². The van der Waals surface area contributed by atoms with Gasteiger partial charge in [-0.3, -0.25) is 14.9 Å². The number of nitrogens with one attached hydrogen (secondary N) is 1. The average molecular weight is 279 g/mol. The maximum Gasteiger partial charge on any atom is 0.292 e. The topological polar surface area (TPSA) is 95.7 Å². The molecule has 1 aromatic rings. The van der Waals surface area contributed by atoms with Crippen molar-refractivity contribution in [2.75, 3.05) is 25.1 Å². The summed E-state index contributed by atoms with van der Waals surface area (Å²) in [4.78, 5) is 24.2. The second kappa shape index (κ2) is 5.87. The molecule has 0 saturated carbocycles. The summed E-state index contributed by atoms with van der Waals surface area (Å²) in [5, 5.41) is 23.0. The number of aliphatic hydroxyl groups is 1. The predicted molar refractivity (Wildman–Crippen MR) is 73.9 cm³/mol. The highest BCUT2D eigenvalue weighted by atomic mass is 16.6. The number of rotatable bonds is 4. The standard InChI is InChI=1S/C13H17N3O4/c1-14-13(18)9-4-5-11(16(19)20)12(7-9)15-6-2-3-10(15)8-17/h4-5,7,10,17H,2-3,6,8H2,1H3,(H,14,18). The SMILES string of the molecule is CNC(=O)c1ccc([N+](=O)[O-])c(N2CCCC2CO)c1. The summed E-state index contributed by atoms with van der Waals surface area (Å²) in [5.41, 5.74) is 0.724. The third-order valence-corrected chi connectivity index (χ3v) is 3.56. The molecule has 7 heteroatoms. The molecule has 1 aliphatic rings. The van der Waals surface area contributed by atoms with E-state index in [1.54, 1.807) is 0 Å². The highest BCUT2D eigenvalue weighted by molar-refractivity contribution is 5.95. The fraction of sp³-hybridized carbons (Fsp3) is 0.462. The van der Waals surface area contributed by atoms with E-state index in [0.29, 0.717) is 17.8 Å². The van der Waals surface area contributed by atoms with E-state index in [1.165, 1.54) is 25.2 Å². The van der Waals surface area contributed by atoms with Gasteiger partial charge in [-0.2, -0.15) is 0 Å². The van der Waals surface area contributed by atoms with Crippen LogP contribution in [0.4, 0.5) is 11.4 Å². The quantitative estimate of drug-likeness (QED) is 0.631. The Balaban J connectivity index is 2.46. The zero-order chi connectivity index (χ0) is 14.7. The number of amides is 1. The third-order valence-electron chi connectivity index (χ3n) is 3.56. The molecular formula is C13H17N3O4. The molecule has 1 amide bonds. The monoisotopic (exact) mass is 279 g/mol. The first kappa shape index (κ1) is 14.3. The minimum atomic E-state index is -0.463. The van der Waals surface area contributed by atoms with Gasteiger partial charge in [0.05, 0.1) is 17.6 Å². The zero-order valence-corrected chi connectivity index (χ0v) is 11.2. The first-order valence-electron chi connectivity index (χ1n) is 6.46. The Bertz CT molecular complexity index is 532. The molecule has 0 aromatic heterocycles. The Morgan fingerprint density at radius 1 is 1.60 bits per heavy atom. The molecule has 0 aliphatic carbocycles. The Kier molecular flexibility index (Phi) is 4.19. The normalized spacial score (nSPS) is 18.1. The number of nitro benzene ring substituents is 1. The highest BCUT2D eigenvalue weighted by Crippen LogP contribution is 2.34. The maximum atomic E-state index is 11.7. The summed E-state index contributed by atoms with van der Waals surface area (Å²) in [5.74, 6) is -0.291. The van der Waals surface area contributed by atoms with E-state index >= 15 is 0 Å². The van der Waals surface area contributed by atoms with Crippen LogP contribution in [0, 0.1) is 10.1 Å². The summed E-state index contributed by atoms with van der Waals surface area (Å²) < 4.78 is 0. The van der Waals surface area contributed by atoms with Crippen molar-refractivity contribution in [2.24, 2.45) is 0 Å². The Morgan fingerprint density at radius 2 is 2.35 bits per heavy atom. The van der Waals surface area contributed by atoms with Crippen molar-refractivity contribution in [1.29, 1.82) is 0 Å². The lowest BCUT2D eigenvalue weighted by atomic mass is 10.1. The van der Waals surface area contributed by atoms with Crippen molar-refractivity contribution in [3.8, 4) is 0 Å². The second-order valence-corrected chi connectivity index (χ2v) is 4.71. The molecule has 2 N–H and O–H groups in total. The van der Waals surface area contributed by atoms with Crippen LogP contribution >= 0.6 is 0 Å². The molecule has 1 aromatic carbocycles. The van der Waals surface area contributed by atoms with Gasteiger partial charge in [0.25, 0.3) is 11.6 Å². The molecule has 7 nitrogen and oxygen atoms in total. The molecule has 20 heavy (non-hydrogen) atoms. The smallest absolute Gasteiger partial charge is 0.292 e. The third kappa shape index (κ3) is 2.57. The van der Waals surface area contributed by atoms with Crippen LogP contribution in [-0.2, 0) is 0 Å². The first-order valence-corrected chi connectivity index (χ1v) is 6.46. The van der Waals surface area contributed by atoms with Crippen LogP contribution < -0.4 is 10.2 Å². The van der Waals surface area contributed by atoms with E-state index < -0.39 is 4.92 Å². The van der Waals surface area contributed by atoms with Crippen LogP contribution in [0.1, 0.15) is 23.2 Å². The molecule has 1 unspecified atom stereocenters. The van der Waals surface area contributed by atoms with Gasteiger partial charge in [0, 0.05) is 25.2 Å². The van der Waals surface area contributed by atoms with Crippen molar-refractivity contribution in [2.45, 2.75) is 18.9 Å². The van der Waals surface area contributed by atoms with Gasteiger partial charge in [0.1, 0.15) is 5.69 Å². The fourth-order valence-electron chi connectivity index (χ4n) is 2.54. The number of carbonyl (C=O) groups excluding carboxylic acids is 1. The van der Waals surface area contributed by atoms with E-state index in [4.69, 9.17) is 0 Å². The lowest BCUT2D eigenvalue weighted by Gasteiger charge is -2.25. The van der Waals surface area contributed by atoms with E-state index in [-0.39, 0.29) is 24.2 Å². The van der Waals surface area contributed by atoms with Gasteiger partial charge in [0.2, 0.25) is 0 Å². The number of anilines is 1. The summed E-state index contributed by atoms with van der Waals surface area (Å²) in [6.45, 7) is 0.588. The van der Waals surface area contributed by atoms with Crippen molar-refractivity contribution < 1.29 is 14.8 Å². The second-order valence-electron chi connectivity index (χ2n) is 4.71. The van der Waals surface area contributed by atoms with Crippen molar-refractivity contribution in [3.63, 3.8) is 0 Å². The molecule has 1 atom stereocenters. The lowest BCUT2D eigenvalue weighted by Crippen LogP contribution is -2.32. The molecule has 1 heterocycles. The Hall–Kier alpha value is -2.15. The summed E-state index contributed by atoms with van der Waals surface area (Å²) in [6.07, 6.45) is 1.66. The molecule has 0 radical (unpaired) electrons. The number of nitro groups is 1. The largest absolute Gasteiger partial charge is 0.394 e. The summed E-state index contributed by atoms with van der Waals surface area (Å²) >= 11 is 0. The number of carbonyl (C=O) groups is 1. The van der Waals surface area contributed by atoms with Crippen molar-refractivity contribution >= 4 is 17.3 Å². The van der Waals surface area contributed by atoms with Crippen LogP contribution in [0.3, 0.4) is 0 Å². The number of nitrogens with zero attached hydrogens (tertiary/aromatic N) is 2. The van der Waals surface area contributed by atoms with Crippen LogP contribution in [0.25, 0.3) is 0 Å². The van der Waals surface area contributed by atoms with Crippen LogP contribution in [0.2, 0.25) is 0 Å². The van der Waals surface area contributed by atoms with E-state index in [9.17, 15) is 20.0 Å². The highest BCUT2D eigenvalue weighted by Gasteiger charge is 2.29. The number of aliphatic hydroxyl groups excluding tert-OH is 1. The molecular weight excluding hydrogens is 262 g/mol. The van der Waals surface area contributed by atoms with Gasteiger partial charge in [0.15, 0.2) is 0 Å².